The van der Waals surface area contributed by atoms with Crippen molar-refractivity contribution in [3.8, 4) is 0 Å². The molecule has 0 bridgehead atoms. The van der Waals surface area contributed by atoms with Crippen molar-refractivity contribution in [3.05, 3.63) is 66.6 Å². The molecule has 0 unspecified atom stereocenters. The van der Waals surface area contributed by atoms with Crippen LogP contribution in [-0.2, 0) is 14.8 Å². The number of piperazine rings is 1. The van der Waals surface area contributed by atoms with Crippen molar-refractivity contribution in [2.24, 2.45) is 0 Å². The highest BCUT2D eigenvalue weighted by atomic mass is 32.2. The number of fused-ring (bicyclic) bond motifs is 1. The van der Waals surface area contributed by atoms with Gasteiger partial charge in [-0.3, -0.25) is 9.78 Å². The van der Waals surface area contributed by atoms with E-state index < -0.39 is 15.8 Å². The van der Waals surface area contributed by atoms with Gasteiger partial charge in [-0.05, 0) is 24.3 Å². The summed E-state index contributed by atoms with van der Waals surface area (Å²) in [6.45, 7) is 0.852. The Bertz CT molecular complexity index is 1170. The molecular formula is C21H20FN3O3S2. The summed E-state index contributed by atoms with van der Waals surface area (Å²) in [5, 5.41) is 0.999. The molecular weight excluding hydrogens is 425 g/mol. The molecule has 0 N–H and O–H groups in total. The molecule has 0 atom stereocenters. The molecule has 0 aliphatic carbocycles. The van der Waals surface area contributed by atoms with Gasteiger partial charge in [0, 0.05) is 42.7 Å². The topological polar surface area (TPSA) is 70.6 Å². The minimum absolute atomic E-state index is 0.0520. The Kier molecular flexibility index (Phi) is 6.03. The highest BCUT2D eigenvalue weighted by molar-refractivity contribution is 8.00. The second-order valence-electron chi connectivity index (χ2n) is 6.83. The van der Waals surface area contributed by atoms with Gasteiger partial charge in [0.2, 0.25) is 15.9 Å². The van der Waals surface area contributed by atoms with Gasteiger partial charge in [-0.15, -0.1) is 11.8 Å². The average molecular weight is 446 g/mol. The first-order valence-electron chi connectivity index (χ1n) is 9.46. The number of amides is 1. The number of hydrogen-bond acceptors (Lipinski definition) is 5. The zero-order valence-corrected chi connectivity index (χ0v) is 17.7. The van der Waals surface area contributed by atoms with Crippen LogP contribution in [0.15, 0.2) is 70.6 Å². The van der Waals surface area contributed by atoms with Crippen LogP contribution in [-0.4, -0.2) is 60.4 Å². The van der Waals surface area contributed by atoms with E-state index in [2.05, 4.69) is 4.98 Å². The smallest absolute Gasteiger partial charge is 0.246 e. The lowest BCUT2D eigenvalue weighted by atomic mass is 10.2. The normalized spacial score (nSPS) is 15.4. The van der Waals surface area contributed by atoms with E-state index in [1.165, 1.54) is 34.3 Å². The maximum absolute atomic E-state index is 13.9. The molecule has 1 aliphatic rings. The van der Waals surface area contributed by atoms with Gasteiger partial charge in [0.15, 0.2) is 0 Å². The van der Waals surface area contributed by atoms with E-state index in [4.69, 9.17) is 0 Å². The molecule has 2 aromatic carbocycles. The maximum Gasteiger partial charge on any atom is 0.246 e. The lowest BCUT2D eigenvalue weighted by Crippen LogP contribution is -2.51. The van der Waals surface area contributed by atoms with Crippen LogP contribution < -0.4 is 0 Å². The molecule has 0 spiro atoms. The van der Waals surface area contributed by atoms with Gasteiger partial charge in [-0.1, -0.05) is 30.3 Å². The summed E-state index contributed by atoms with van der Waals surface area (Å²) in [5.74, 6) is -0.561. The second kappa shape index (κ2) is 8.71. The van der Waals surface area contributed by atoms with Crippen molar-refractivity contribution >= 4 is 38.6 Å². The van der Waals surface area contributed by atoms with Crippen molar-refractivity contribution in [1.29, 1.82) is 0 Å². The third-order valence-electron chi connectivity index (χ3n) is 5.01. The summed E-state index contributed by atoms with van der Waals surface area (Å²) >= 11 is 1.44. The van der Waals surface area contributed by atoms with Crippen LogP contribution in [0, 0.1) is 5.82 Å². The lowest BCUT2D eigenvalue weighted by molar-refractivity contribution is -0.129. The average Bonchev–Trinajstić information content (AvgIpc) is 2.77. The number of para-hydroxylation sites is 1. The van der Waals surface area contributed by atoms with Crippen molar-refractivity contribution in [3.63, 3.8) is 0 Å². The van der Waals surface area contributed by atoms with Crippen LogP contribution in [0.3, 0.4) is 0 Å². The lowest BCUT2D eigenvalue weighted by Gasteiger charge is -2.34. The van der Waals surface area contributed by atoms with Gasteiger partial charge >= 0.3 is 0 Å². The number of sulfonamides is 1. The predicted octanol–water partition coefficient (Wildman–Crippen LogP) is 3.00. The number of pyridine rings is 1. The highest BCUT2D eigenvalue weighted by Crippen LogP contribution is 2.27. The fraction of sp³-hybridized carbons (Fsp3) is 0.238. The van der Waals surface area contributed by atoms with Gasteiger partial charge in [-0.2, -0.15) is 4.31 Å². The largest absolute Gasteiger partial charge is 0.339 e. The fourth-order valence-corrected chi connectivity index (χ4v) is 5.83. The van der Waals surface area contributed by atoms with Crippen LogP contribution in [0.4, 0.5) is 4.39 Å². The molecule has 3 aromatic rings. The number of rotatable bonds is 5. The van der Waals surface area contributed by atoms with E-state index in [1.807, 2.05) is 30.3 Å². The molecule has 0 radical (unpaired) electrons. The SMILES string of the molecule is O=C(CSc1ccnc2ccccc12)N1CCN(S(=O)(=O)c2ccccc2F)CC1. The van der Waals surface area contributed by atoms with Gasteiger partial charge in [-0.25, -0.2) is 12.8 Å². The first-order valence-corrected chi connectivity index (χ1v) is 11.9. The number of nitrogens with zero attached hydrogens (tertiary/aromatic N) is 3. The molecule has 4 rings (SSSR count). The van der Waals surface area contributed by atoms with E-state index >= 15 is 0 Å². The Hall–Kier alpha value is -2.49. The van der Waals surface area contributed by atoms with Crippen molar-refractivity contribution < 1.29 is 17.6 Å². The Balaban J connectivity index is 1.37. The van der Waals surface area contributed by atoms with Gasteiger partial charge < -0.3 is 4.90 Å². The van der Waals surface area contributed by atoms with E-state index in [0.717, 1.165) is 21.9 Å². The van der Waals surface area contributed by atoms with Crippen LogP contribution in [0.1, 0.15) is 0 Å². The Morgan fingerprint density at radius 2 is 1.70 bits per heavy atom. The molecule has 0 saturated carbocycles. The van der Waals surface area contributed by atoms with Crippen LogP contribution in [0.25, 0.3) is 10.9 Å². The van der Waals surface area contributed by atoms with Crippen LogP contribution in [0.2, 0.25) is 0 Å². The summed E-state index contributed by atoms with van der Waals surface area (Å²) in [6.07, 6.45) is 1.72. The van der Waals surface area contributed by atoms with Crippen molar-refractivity contribution in [2.75, 3.05) is 31.9 Å². The Morgan fingerprint density at radius 3 is 2.47 bits per heavy atom. The number of carbonyl (C=O) groups excluding carboxylic acids is 1. The molecule has 9 heteroatoms. The zero-order valence-electron chi connectivity index (χ0n) is 16.1. The maximum atomic E-state index is 13.9. The minimum atomic E-state index is -3.91. The standard InChI is InChI=1S/C21H20FN3O3S2/c22-17-6-2-4-8-20(17)30(27,28)25-13-11-24(12-14-25)21(26)15-29-19-9-10-23-18-7-3-1-5-16(18)19/h1-10H,11-15H2. The van der Waals surface area contributed by atoms with Gasteiger partial charge in [0.25, 0.3) is 0 Å². The molecule has 1 aromatic heterocycles. The number of thioether (sulfide) groups is 1. The first kappa shape index (κ1) is 20.8. The molecule has 2 heterocycles. The molecule has 1 aliphatic heterocycles. The van der Waals surface area contributed by atoms with E-state index in [-0.39, 0.29) is 42.7 Å². The third kappa shape index (κ3) is 4.19. The number of carbonyl (C=O) groups is 1. The minimum Gasteiger partial charge on any atom is -0.339 e. The van der Waals surface area contributed by atoms with E-state index in [0.29, 0.717) is 0 Å². The van der Waals surface area contributed by atoms with Crippen LogP contribution in [0.5, 0.6) is 0 Å². The van der Waals surface area contributed by atoms with Gasteiger partial charge in [0.05, 0.1) is 11.3 Å². The molecule has 1 fully saturated rings. The zero-order chi connectivity index (χ0) is 21.1. The van der Waals surface area contributed by atoms with Crippen molar-refractivity contribution in [2.45, 2.75) is 9.79 Å². The van der Waals surface area contributed by atoms with Gasteiger partial charge in [0.1, 0.15) is 10.7 Å². The first-order chi connectivity index (χ1) is 14.5. The summed E-state index contributed by atoms with van der Waals surface area (Å²) in [6, 6.07) is 15.0. The summed E-state index contributed by atoms with van der Waals surface area (Å²) in [4.78, 5) is 19.3. The third-order valence-corrected chi connectivity index (χ3v) is 8.00. The Morgan fingerprint density at radius 1 is 1.00 bits per heavy atom. The number of hydrogen-bond donors (Lipinski definition) is 0. The molecule has 6 nitrogen and oxygen atoms in total. The summed E-state index contributed by atoms with van der Waals surface area (Å²) < 4.78 is 40.6. The summed E-state index contributed by atoms with van der Waals surface area (Å²) in [5.41, 5.74) is 0.877. The highest BCUT2D eigenvalue weighted by Gasteiger charge is 2.31. The number of halogens is 1. The van der Waals surface area contributed by atoms with Crippen molar-refractivity contribution in [1.82, 2.24) is 14.2 Å². The molecule has 156 valence electrons. The Labute approximate surface area is 178 Å². The summed E-state index contributed by atoms with van der Waals surface area (Å²) in [7, 11) is -3.91. The number of aromatic nitrogens is 1. The van der Waals surface area contributed by atoms with E-state index in [1.54, 1.807) is 11.1 Å². The monoisotopic (exact) mass is 445 g/mol. The van der Waals surface area contributed by atoms with Crippen LogP contribution >= 0.6 is 11.8 Å². The molecule has 1 saturated heterocycles. The molecule has 30 heavy (non-hydrogen) atoms. The quantitative estimate of drug-likeness (QED) is 0.565. The fourth-order valence-electron chi connectivity index (χ4n) is 3.40. The second-order valence-corrected chi connectivity index (χ2v) is 9.75. The molecule has 1 amide bonds. The number of benzene rings is 2. The van der Waals surface area contributed by atoms with E-state index in [9.17, 15) is 17.6 Å². The predicted molar refractivity (Wildman–Crippen MR) is 114 cm³/mol.